The molecule has 0 radical (unpaired) electrons. The van der Waals surface area contributed by atoms with E-state index in [-0.39, 0.29) is 17.3 Å². The lowest BCUT2D eigenvalue weighted by Gasteiger charge is -2.37. The number of aromatic nitrogens is 1. The van der Waals surface area contributed by atoms with Crippen LogP contribution in [-0.4, -0.2) is 50.9 Å². The number of alkyl halides is 3. The van der Waals surface area contributed by atoms with E-state index < -0.39 is 50.1 Å². The minimum atomic E-state index is -4.61. The number of pyridine rings is 1. The second-order valence-corrected chi connectivity index (χ2v) is 15.8. The van der Waals surface area contributed by atoms with E-state index in [2.05, 4.69) is 44.2 Å². The van der Waals surface area contributed by atoms with Crippen molar-refractivity contribution in [3.05, 3.63) is 23.4 Å². The van der Waals surface area contributed by atoms with Gasteiger partial charge < -0.3 is 24.0 Å². The topological polar surface area (TPSA) is 78.9 Å². The number of methoxy groups -OCH3 is 1. The fourth-order valence-corrected chi connectivity index (χ4v) is 4.19. The number of hydrogen-bond donors (Lipinski definition) is 1. The molecule has 1 N–H and O–H groups in total. The zero-order chi connectivity index (χ0) is 26.1. The summed E-state index contributed by atoms with van der Waals surface area (Å²) >= 11 is 0. The molecule has 34 heavy (non-hydrogen) atoms. The highest BCUT2D eigenvalue weighted by Crippen LogP contribution is 2.41. The Balaban J connectivity index is 2.25. The van der Waals surface area contributed by atoms with Crippen LogP contribution >= 0.6 is 0 Å². The number of alkyl carbamates (subject to hydrolysis) is 1. The van der Waals surface area contributed by atoms with Gasteiger partial charge in [-0.1, -0.05) is 20.8 Å². The monoisotopic (exact) mass is 506 g/mol. The average Bonchev–Trinajstić information content (AvgIpc) is 2.98. The van der Waals surface area contributed by atoms with Gasteiger partial charge in [0.15, 0.2) is 8.32 Å². The highest BCUT2D eigenvalue weighted by Gasteiger charge is 2.43. The van der Waals surface area contributed by atoms with Crippen molar-refractivity contribution in [2.45, 2.75) is 96.1 Å². The number of nitrogens with zero attached hydrogens (tertiary/aromatic N) is 1. The lowest BCUT2D eigenvalue weighted by atomic mass is 10.0. The van der Waals surface area contributed by atoms with Gasteiger partial charge in [0, 0.05) is 19.1 Å². The SMILES string of the molecule is CO[C@@H](CO[Si](C)(C)C(C)(C)C)C[C@@H]1Oc2nc(C(F)(F)F)ccc2[C@@H]1NC(=O)OC(C)(C)C. The van der Waals surface area contributed by atoms with Crippen LogP contribution in [0.1, 0.15) is 65.3 Å². The Kier molecular flexibility index (Phi) is 8.37. The molecule has 2 rings (SSSR count). The van der Waals surface area contributed by atoms with Crippen molar-refractivity contribution in [3.8, 4) is 5.88 Å². The number of ether oxygens (including phenoxy) is 3. The first-order valence-corrected chi connectivity index (χ1v) is 14.2. The molecule has 194 valence electrons. The first kappa shape index (κ1) is 28.4. The van der Waals surface area contributed by atoms with Gasteiger partial charge in [0.1, 0.15) is 17.4 Å². The number of halogens is 3. The Bertz CT molecular complexity index is 866. The van der Waals surface area contributed by atoms with Crippen LogP contribution in [0.25, 0.3) is 0 Å². The summed E-state index contributed by atoms with van der Waals surface area (Å²) in [6.07, 6.45) is -6.17. The third kappa shape index (κ3) is 7.32. The molecule has 0 fully saturated rings. The predicted octanol–water partition coefficient (Wildman–Crippen LogP) is 5.85. The second-order valence-electron chi connectivity index (χ2n) is 11.0. The smallest absolute Gasteiger partial charge is 0.433 e. The van der Waals surface area contributed by atoms with Crippen molar-refractivity contribution in [2.75, 3.05) is 13.7 Å². The molecule has 0 aromatic carbocycles. The fourth-order valence-electron chi connectivity index (χ4n) is 3.15. The maximum atomic E-state index is 13.2. The molecule has 3 atom stereocenters. The van der Waals surface area contributed by atoms with E-state index in [4.69, 9.17) is 18.6 Å². The Morgan fingerprint density at radius 1 is 1.18 bits per heavy atom. The van der Waals surface area contributed by atoms with Gasteiger partial charge in [0.2, 0.25) is 5.88 Å². The zero-order valence-electron chi connectivity index (χ0n) is 21.4. The summed E-state index contributed by atoms with van der Waals surface area (Å²) in [4.78, 5) is 16.1. The first-order valence-electron chi connectivity index (χ1n) is 11.2. The summed E-state index contributed by atoms with van der Waals surface area (Å²) in [6.45, 7) is 16.1. The Morgan fingerprint density at radius 3 is 2.29 bits per heavy atom. The van der Waals surface area contributed by atoms with Crippen LogP contribution in [0.3, 0.4) is 0 Å². The highest BCUT2D eigenvalue weighted by atomic mass is 28.4. The molecule has 0 bridgehead atoms. The minimum absolute atomic E-state index is 0.00407. The quantitative estimate of drug-likeness (QED) is 0.467. The molecule has 1 aliphatic heterocycles. The van der Waals surface area contributed by atoms with E-state index in [1.165, 1.54) is 13.2 Å². The number of rotatable bonds is 7. The summed E-state index contributed by atoms with van der Waals surface area (Å²) in [6, 6.07) is 1.40. The van der Waals surface area contributed by atoms with E-state index in [1.807, 2.05) is 0 Å². The highest BCUT2D eigenvalue weighted by molar-refractivity contribution is 6.74. The van der Waals surface area contributed by atoms with Crippen LogP contribution in [-0.2, 0) is 20.1 Å². The molecule has 0 saturated heterocycles. The number of amides is 1. The van der Waals surface area contributed by atoms with Gasteiger partial charge in [-0.05, 0) is 51.0 Å². The van der Waals surface area contributed by atoms with Crippen molar-refractivity contribution in [3.63, 3.8) is 0 Å². The van der Waals surface area contributed by atoms with Crippen molar-refractivity contribution < 1.29 is 36.6 Å². The lowest BCUT2D eigenvalue weighted by Crippen LogP contribution is -2.44. The van der Waals surface area contributed by atoms with Gasteiger partial charge in [0.25, 0.3) is 0 Å². The summed E-state index contributed by atoms with van der Waals surface area (Å²) in [5.41, 5.74) is -1.46. The van der Waals surface area contributed by atoms with Gasteiger partial charge in [-0.2, -0.15) is 13.2 Å². The minimum Gasteiger partial charge on any atom is -0.471 e. The third-order valence-electron chi connectivity index (χ3n) is 6.09. The van der Waals surface area contributed by atoms with Crippen molar-refractivity contribution in [1.29, 1.82) is 0 Å². The van der Waals surface area contributed by atoms with E-state index >= 15 is 0 Å². The summed E-state index contributed by atoms with van der Waals surface area (Å²) in [5, 5.41) is 2.73. The van der Waals surface area contributed by atoms with Gasteiger partial charge in [-0.3, -0.25) is 0 Å². The molecule has 1 aromatic heterocycles. The van der Waals surface area contributed by atoms with E-state index in [9.17, 15) is 18.0 Å². The largest absolute Gasteiger partial charge is 0.471 e. The normalized spacial score (nSPS) is 19.9. The molecule has 0 aliphatic carbocycles. The zero-order valence-corrected chi connectivity index (χ0v) is 22.4. The van der Waals surface area contributed by atoms with E-state index in [1.54, 1.807) is 20.8 Å². The van der Waals surface area contributed by atoms with Gasteiger partial charge >= 0.3 is 12.3 Å². The van der Waals surface area contributed by atoms with Crippen molar-refractivity contribution in [1.82, 2.24) is 10.3 Å². The van der Waals surface area contributed by atoms with E-state index in [0.29, 0.717) is 12.2 Å². The fraction of sp³-hybridized carbons (Fsp3) is 0.739. The Morgan fingerprint density at radius 2 is 1.79 bits per heavy atom. The molecule has 11 heteroatoms. The maximum Gasteiger partial charge on any atom is 0.433 e. The predicted molar refractivity (Wildman–Crippen MR) is 124 cm³/mol. The van der Waals surface area contributed by atoms with Crippen LogP contribution in [0.4, 0.5) is 18.0 Å². The van der Waals surface area contributed by atoms with Crippen LogP contribution in [0, 0.1) is 0 Å². The molecule has 0 unspecified atom stereocenters. The molecule has 1 amide bonds. The van der Waals surface area contributed by atoms with E-state index in [0.717, 1.165) is 6.07 Å². The van der Waals surface area contributed by atoms with Gasteiger partial charge in [0.05, 0.1) is 18.8 Å². The third-order valence-corrected chi connectivity index (χ3v) is 10.6. The molecule has 1 aliphatic rings. The average molecular weight is 507 g/mol. The van der Waals surface area contributed by atoms with Gasteiger partial charge in [-0.25, -0.2) is 9.78 Å². The van der Waals surface area contributed by atoms with Crippen LogP contribution < -0.4 is 10.1 Å². The van der Waals surface area contributed by atoms with Crippen LogP contribution in [0.2, 0.25) is 18.1 Å². The molecule has 7 nitrogen and oxygen atoms in total. The summed E-state index contributed by atoms with van der Waals surface area (Å²) < 4.78 is 62.6. The number of fused-ring (bicyclic) bond motifs is 1. The lowest BCUT2D eigenvalue weighted by molar-refractivity contribution is -0.141. The van der Waals surface area contributed by atoms with Crippen LogP contribution in [0.5, 0.6) is 5.88 Å². The second kappa shape index (κ2) is 10.0. The molecule has 0 saturated carbocycles. The van der Waals surface area contributed by atoms with Crippen molar-refractivity contribution in [2.24, 2.45) is 0 Å². The van der Waals surface area contributed by atoms with Gasteiger partial charge in [-0.15, -0.1) is 0 Å². The maximum absolute atomic E-state index is 13.2. The molecule has 1 aromatic rings. The Labute approximate surface area is 200 Å². The Hall–Kier alpha value is -1.85. The first-order chi connectivity index (χ1) is 15.3. The molecular weight excluding hydrogens is 469 g/mol. The summed E-state index contributed by atoms with van der Waals surface area (Å²) in [5.74, 6) is -0.166. The van der Waals surface area contributed by atoms with Crippen molar-refractivity contribution >= 4 is 14.4 Å². The number of nitrogens with one attached hydrogen (secondary N) is 1. The number of hydrogen-bond acceptors (Lipinski definition) is 6. The summed E-state index contributed by atoms with van der Waals surface area (Å²) in [7, 11) is -0.510. The molecular formula is C23H37F3N2O5Si. The molecule has 0 spiro atoms. The van der Waals surface area contributed by atoms with Crippen LogP contribution in [0.15, 0.2) is 12.1 Å². The molecule has 2 heterocycles. The number of carbonyl (C=O) groups is 1. The number of carbonyl (C=O) groups excluding carboxylic acids is 1. The standard InChI is InChI=1S/C23H37F3N2O5Si/c1-21(2,3)33-20(29)28-18-15-10-11-17(23(24,25)26)27-19(15)32-16(18)12-14(30-7)13-31-34(8,9)22(4,5)6/h10-11,14,16,18H,12-13H2,1-9H3,(H,28,29)/t14-,16+,18+/m1/s1.